The van der Waals surface area contributed by atoms with Crippen LogP contribution in [0.4, 0.5) is 0 Å². The van der Waals surface area contributed by atoms with E-state index in [0.717, 1.165) is 37.4 Å². The van der Waals surface area contributed by atoms with Crippen LogP contribution in [0.1, 0.15) is 54.2 Å². The Balaban J connectivity index is 1.59. The molecule has 3 rings (SSSR count). The van der Waals surface area contributed by atoms with Crippen LogP contribution in [-0.2, 0) is 6.42 Å². The van der Waals surface area contributed by atoms with Crippen molar-refractivity contribution in [3.05, 3.63) is 41.8 Å². The first kappa shape index (κ1) is 14.7. The highest BCUT2D eigenvalue weighted by Crippen LogP contribution is 2.27. The van der Waals surface area contributed by atoms with E-state index in [1.807, 2.05) is 4.90 Å². The molecule has 0 saturated carbocycles. The number of nitrogens with zero attached hydrogens (tertiary/aromatic N) is 4. The maximum atomic E-state index is 12.4. The third kappa shape index (κ3) is 3.16. The van der Waals surface area contributed by atoms with Crippen molar-refractivity contribution in [3.63, 3.8) is 0 Å². The highest BCUT2D eigenvalue weighted by atomic mass is 16.5. The Hall–Kier alpha value is -2.24. The zero-order chi connectivity index (χ0) is 15.4. The van der Waals surface area contributed by atoms with E-state index in [1.54, 1.807) is 24.5 Å². The number of carbonyl (C=O) groups excluding carboxylic acids is 1. The van der Waals surface area contributed by atoms with Gasteiger partial charge in [-0.2, -0.15) is 4.98 Å². The first-order valence-electron chi connectivity index (χ1n) is 7.79. The summed E-state index contributed by atoms with van der Waals surface area (Å²) in [6.07, 6.45) is 6.87. The molecule has 0 aliphatic carbocycles. The van der Waals surface area contributed by atoms with Crippen LogP contribution in [0.15, 0.2) is 29.0 Å². The summed E-state index contributed by atoms with van der Waals surface area (Å²) >= 11 is 0. The van der Waals surface area contributed by atoms with Gasteiger partial charge in [-0.05, 0) is 31.4 Å². The monoisotopic (exact) mass is 300 g/mol. The lowest BCUT2D eigenvalue weighted by molar-refractivity contribution is 0.0704. The fourth-order valence-corrected chi connectivity index (χ4v) is 2.76. The molecule has 116 valence electrons. The molecule has 3 heterocycles. The van der Waals surface area contributed by atoms with E-state index in [0.29, 0.717) is 18.7 Å². The number of hydrogen-bond donors (Lipinski definition) is 0. The summed E-state index contributed by atoms with van der Waals surface area (Å²) in [6.45, 7) is 3.52. The van der Waals surface area contributed by atoms with E-state index < -0.39 is 0 Å². The van der Waals surface area contributed by atoms with Gasteiger partial charge in [0.25, 0.3) is 5.91 Å². The third-order valence-electron chi connectivity index (χ3n) is 4.00. The van der Waals surface area contributed by atoms with Crippen LogP contribution in [0.3, 0.4) is 0 Å². The van der Waals surface area contributed by atoms with E-state index in [1.165, 1.54) is 0 Å². The predicted octanol–water partition coefficient (Wildman–Crippen LogP) is 2.44. The summed E-state index contributed by atoms with van der Waals surface area (Å²) in [7, 11) is 0. The zero-order valence-corrected chi connectivity index (χ0v) is 12.7. The minimum absolute atomic E-state index is 0.0451. The average Bonchev–Trinajstić information content (AvgIpc) is 3.04. The molecule has 0 aromatic carbocycles. The van der Waals surface area contributed by atoms with Gasteiger partial charge in [-0.25, -0.2) is 0 Å². The number of hydrogen-bond acceptors (Lipinski definition) is 5. The highest BCUT2D eigenvalue weighted by molar-refractivity contribution is 5.93. The van der Waals surface area contributed by atoms with E-state index in [2.05, 4.69) is 22.0 Å². The van der Waals surface area contributed by atoms with Gasteiger partial charge in [-0.3, -0.25) is 9.78 Å². The van der Waals surface area contributed by atoms with Crippen molar-refractivity contribution in [1.82, 2.24) is 20.0 Å². The lowest BCUT2D eigenvalue weighted by Gasteiger charge is -2.30. The van der Waals surface area contributed by atoms with Crippen molar-refractivity contribution < 1.29 is 9.32 Å². The number of likely N-dealkylation sites (tertiary alicyclic amines) is 1. The van der Waals surface area contributed by atoms with Gasteiger partial charge < -0.3 is 9.42 Å². The normalized spacial score (nSPS) is 16.0. The summed E-state index contributed by atoms with van der Waals surface area (Å²) in [6, 6.07) is 3.59. The lowest BCUT2D eigenvalue weighted by atomic mass is 9.96. The van der Waals surface area contributed by atoms with Crippen LogP contribution in [-0.4, -0.2) is 39.0 Å². The number of piperidine rings is 1. The van der Waals surface area contributed by atoms with Crippen molar-refractivity contribution in [2.24, 2.45) is 0 Å². The molecule has 0 bridgehead atoms. The number of amides is 1. The second kappa shape index (κ2) is 6.68. The zero-order valence-electron chi connectivity index (χ0n) is 12.7. The number of aryl methyl sites for hydroxylation is 1. The molecular formula is C16H20N4O2. The van der Waals surface area contributed by atoms with E-state index in [4.69, 9.17) is 4.52 Å². The summed E-state index contributed by atoms with van der Waals surface area (Å²) in [5, 5.41) is 4.01. The van der Waals surface area contributed by atoms with E-state index in [9.17, 15) is 4.79 Å². The summed E-state index contributed by atoms with van der Waals surface area (Å²) in [5.74, 6) is 1.81. The number of pyridine rings is 1. The molecule has 2 aromatic heterocycles. The molecule has 1 aliphatic heterocycles. The first-order valence-corrected chi connectivity index (χ1v) is 7.79. The summed E-state index contributed by atoms with van der Waals surface area (Å²) < 4.78 is 5.36. The van der Waals surface area contributed by atoms with Crippen LogP contribution in [0, 0.1) is 0 Å². The molecule has 6 heteroatoms. The first-order chi connectivity index (χ1) is 10.8. The Morgan fingerprint density at radius 3 is 2.91 bits per heavy atom. The van der Waals surface area contributed by atoms with Gasteiger partial charge in [0.05, 0.1) is 5.56 Å². The molecule has 22 heavy (non-hydrogen) atoms. The predicted molar refractivity (Wildman–Crippen MR) is 80.4 cm³/mol. The van der Waals surface area contributed by atoms with Crippen molar-refractivity contribution in [3.8, 4) is 0 Å². The SMILES string of the molecule is CCCc1noc(C2CCN(C(=O)c3cccnc3)CC2)n1. The smallest absolute Gasteiger partial charge is 0.255 e. The van der Waals surface area contributed by atoms with Crippen LogP contribution < -0.4 is 0 Å². The van der Waals surface area contributed by atoms with Gasteiger partial charge in [0, 0.05) is 37.8 Å². The van der Waals surface area contributed by atoms with Gasteiger partial charge in [0.1, 0.15) is 0 Å². The Labute approximate surface area is 129 Å². The minimum atomic E-state index is 0.0451. The maximum absolute atomic E-state index is 12.4. The summed E-state index contributed by atoms with van der Waals surface area (Å²) in [4.78, 5) is 22.7. The quantitative estimate of drug-likeness (QED) is 0.867. The molecule has 1 fully saturated rings. The molecule has 1 saturated heterocycles. The Bertz CT molecular complexity index is 618. The highest BCUT2D eigenvalue weighted by Gasteiger charge is 2.27. The molecule has 0 unspecified atom stereocenters. The topological polar surface area (TPSA) is 72.1 Å². The number of carbonyl (C=O) groups is 1. The molecule has 2 aromatic rings. The lowest BCUT2D eigenvalue weighted by Crippen LogP contribution is -2.38. The van der Waals surface area contributed by atoms with Gasteiger partial charge in [0.2, 0.25) is 5.89 Å². The fourth-order valence-electron chi connectivity index (χ4n) is 2.76. The summed E-state index contributed by atoms with van der Waals surface area (Å²) in [5.41, 5.74) is 0.643. The molecule has 1 amide bonds. The van der Waals surface area contributed by atoms with Crippen LogP contribution in [0.2, 0.25) is 0 Å². The Morgan fingerprint density at radius 1 is 1.41 bits per heavy atom. The second-order valence-corrected chi connectivity index (χ2v) is 5.61. The minimum Gasteiger partial charge on any atom is -0.339 e. The molecule has 0 spiro atoms. The molecule has 0 radical (unpaired) electrons. The standard InChI is InChI=1S/C16H20N4O2/c1-2-4-14-18-15(22-19-14)12-6-9-20(10-7-12)16(21)13-5-3-8-17-11-13/h3,5,8,11-12H,2,4,6-7,9-10H2,1H3. The van der Waals surface area contributed by atoms with Gasteiger partial charge >= 0.3 is 0 Å². The average molecular weight is 300 g/mol. The molecule has 0 N–H and O–H groups in total. The molecule has 1 aliphatic rings. The number of aromatic nitrogens is 3. The molecule has 6 nitrogen and oxygen atoms in total. The van der Waals surface area contributed by atoms with Crippen LogP contribution in [0.25, 0.3) is 0 Å². The third-order valence-corrected chi connectivity index (χ3v) is 4.00. The van der Waals surface area contributed by atoms with Crippen molar-refractivity contribution in [2.75, 3.05) is 13.1 Å². The van der Waals surface area contributed by atoms with Crippen molar-refractivity contribution in [1.29, 1.82) is 0 Å². The van der Waals surface area contributed by atoms with E-state index in [-0.39, 0.29) is 11.8 Å². The molecule has 0 atom stereocenters. The largest absolute Gasteiger partial charge is 0.339 e. The maximum Gasteiger partial charge on any atom is 0.255 e. The van der Waals surface area contributed by atoms with E-state index >= 15 is 0 Å². The fraction of sp³-hybridized carbons (Fsp3) is 0.500. The molecular weight excluding hydrogens is 280 g/mol. The van der Waals surface area contributed by atoms with Crippen molar-refractivity contribution >= 4 is 5.91 Å². The van der Waals surface area contributed by atoms with Gasteiger partial charge in [-0.15, -0.1) is 0 Å². The second-order valence-electron chi connectivity index (χ2n) is 5.61. The van der Waals surface area contributed by atoms with Gasteiger partial charge in [-0.1, -0.05) is 12.1 Å². The Kier molecular flexibility index (Phi) is 4.46. The number of rotatable bonds is 4. The Morgan fingerprint density at radius 2 is 2.23 bits per heavy atom. The van der Waals surface area contributed by atoms with Crippen LogP contribution in [0.5, 0.6) is 0 Å². The van der Waals surface area contributed by atoms with Crippen LogP contribution >= 0.6 is 0 Å². The van der Waals surface area contributed by atoms with Gasteiger partial charge in [0.15, 0.2) is 5.82 Å². The van der Waals surface area contributed by atoms with Crippen molar-refractivity contribution in [2.45, 2.75) is 38.5 Å².